The minimum Gasteiger partial charge on any atom is -0.480 e. The molecule has 0 radical (unpaired) electrons. The number of para-hydroxylation sites is 1. The molecule has 0 bridgehead atoms. The highest BCUT2D eigenvalue weighted by Crippen LogP contribution is 2.36. The van der Waals surface area contributed by atoms with Crippen LogP contribution in [-0.4, -0.2) is 23.0 Å². The summed E-state index contributed by atoms with van der Waals surface area (Å²) in [5, 5.41) is 2.09. The number of alkyl halides is 3. The number of anilines is 1. The van der Waals surface area contributed by atoms with Gasteiger partial charge in [0.15, 0.2) is 0 Å². The number of carbonyl (C=O) groups is 1. The Morgan fingerprint density at radius 2 is 2.04 bits per heavy atom. The minimum atomic E-state index is -4.60. The molecule has 0 fully saturated rings. The van der Waals surface area contributed by atoms with Crippen molar-refractivity contribution in [1.82, 2.24) is 9.97 Å². The van der Waals surface area contributed by atoms with Gasteiger partial charge in [0.25, 0.3) is 5.91 Å². The minimum absolute atomic E-state index is 0.131. The van der Waals surface area contributed by atoms with Crippen LogP contribution >= 0.6 is 11.6 Å². The molecule has 2 rings (SSSR count). The summed E-state index contributed by atoms with van der Waals surface area (Å²) < 4.78 is 44.1. The predicted molar refractivity (Wildman–Crippen MR) is 77.7 cm³/mol. The third kappa shape index (κ3) is 3.70. The lowest BCUT2D eigenvalue weighted by Crippen LogP contribution is -2.19. The third-order valence-corrected chi connectivity index (χ3v) is 3.16. The normalized spacial score (nSPS) is 11.2. The summed E-state index contributed by atoms with van der Waals surface area (Å²) in [5.41, 5.74) is -1.14. The van der Waals surface area contributed by atoms with Crippen molar-refractivity contribution >= 4 is 23.2 Å². The number of methoxy groups -OCH3 is 1. The number of rotatable bonds is 3. The second-order valence-corrected chi connectivity index (χ2v) is 4.85. The van der Waals surface area contributed by atoms with Gasteiger partial charge in [-0.3, -0.25) is 4.79 Å². The lowest BCUT2D eigenvalue weighted by molar-refractivity contribution is -0.136. The van der Waals surface area contributed by atoms with Gasteiger partial charge in [-0.25, -0.2) is 4.98 Å². The quantitative estimate of drug-likeness (QED) is 0.861. The van der Waals surface area contributed by atoms with Gasteiger partial charge in [0.2, 0.25) is 11.2 Å². The van der Waals surface area contributed by atoms with E-state index in [9.17, 15) is 18.0 Å². The highest BCUT2D eigenvalue weighted by Gasteiger charge is 2.34. The summed E-state index contributed by atoms with van der Waals surface area (Å²) in [6, 6.07) is 3.61. The average molecular weight is 346 g/mol. The largest absolute Gasteiger partial charge is 0.480 e. The Kier molecular flexibility index (Phi) is 4.74. The number of nitrogens with one attached hydrogen (secondary N) is 1. The van der Waals surface area contributed by atoms with Crippen LogP contribution in [0.1, 0.15) is 21.5 Å². The van der Waals surface area contributed by atoms with Gasteiger partial charge in [0.05, 0.1) is 18.4 Å². The lowest BCUT2D eigenvalue weighted by atomic mass is 10.1. The first-order valence-corrected chi connectivity index (χ1v) is 6.66. The molecular formula is C14H11ClF3N3O2. The number of aryl methyl sites for hydroxylation is 1. The molecule has 1 aromatic carbocycles. The number of benzene rings is 1. The van der Waals surface area contributed by atoms with E-state index >= 15 is 0 Å². The van der Waals surface area contributed by atoms with Crippen molar-refractivity contribution in [3.63, 3.8) is 0 Å². The van der Waals surface area contributed by atoms with Crippen molar-refractivity contribution in [2.24, 2.45) is 0 Å². The fraction of sp³-hybridized carbons (Fsp3) is 0.214. The van der Waals surface area contributed by atoms with Gasteiger partial charge in [0.1, 0.15) is 5.56 Å². The van der Waals surface area contributed by atoms with Gasteiger partial charge in [-0.05, 0) is 30.2 Å². The van der Waals surface area contributed by atoms with E-state index in [0.717, 1.165) is 12.3 Å². The Balaban J connectivity index is 2.42. The monoisotopic (exact) mass is 345 g/mol. The van der Waals surface area contributed by atoms with Gasteiger partial charge in [0, 0.05) is 6.20 Å². The molecule has 1 amide bonds. The fourth-order valence-corrected chi connectivity index (χ4v) is 2.03. The first kappa shape index (κ1) is 17.0. The molecule has 5 nitrogen and oxygen atoms in total. The SMILES string of the molecule is COc1nc(Cl)ncc1C(=O)Nc1c(C)cccc1C(F)(F)F. The lowest BCUT2D eigenvalue weighted by Gasteiger charge is -2.16. The first-order chi connectivity index (χ1) is 10.7. The van der Waals surface area contributed by atoms with Crippen LogP contribution in [0.4, 0.5) is 18.9 Å². The fourth-order valence-electron chi connectivity index (χ4n) is 1.91. The topological polar surface area (TPSA) is 64.1 Å². The Labute approximate surface area is 134 Å². The van der Waals surface area contributed by atoms with E-state index in [1.165, 1.54) is 26.2 Å². The number of aromatic nitrogens is 2. The molecule has 0 aliphatic carbocycles. The molecule has 0 aliphatic rings. The average Bonchev–Trinajstić information content (AvgIpc) is 2.47. The molecular weight excluding hydrogens is 335 g/mol. The van der Waals surface area contributed by atoms with Crippen molar-refractivity contribution in [3.8, 4) is 5.88 Å². The van der Waals surface area contributed by atoms with E-state index < -0.39 is 17.6 Å². The molecule has 0 aliphatic heterocycles. The molecule has 0 atom stereocenters. The maximum Gasteiger partial charge on any atom is 0.418 e. The second kappa shape index (κ2) is 6.41. The Hall–Kier alpha value is -2.35. The molecule has 0 saturated carbocycles. The third-order valence-electron chi connectivity index (χ3n) is 2.98. The maximum absolute atomic E-state index is 13.1. The van der Waals surface area contributed by atoms with Crippen molar-refractivity contribution in [3.05, 3.63) is 46.4 Å². The van der Waals surface area contributed by atoms with Gasteiger partial charge in [-0.15, -0.1) is 0 Å². The number of carbonyl (C=O) groups excluding carboxylic acids is 1. The molecule has 1 N–H and O–H groups in total. The highest BCUT2D eigenvalue weighted by atomic mass is 35.5. The summed E-state index contributed by atoms with van der Waals surface area (Å²) >= 11 is 5.59. The Bertz CT molecular complexity index is 751. The van der Waals surface area contributed by atoms with E-state index in [-0.39, 0.29) is 28.0 Å². The van der Waals surface area contributed by atoms with E-state index in [2.05, 4.69) is 15.3 Å². The van der Waals surface area contributed by atoms with Gasteiger partial charge in [-0.2, -0.15) is 18.2 Å². The van der Waals surface area contributed by atoms with Crippen LogP contribution in [0.2, 0.25) is 5.28 Å². The molecule has 122 valence electrons. The van der Waals surface area contributed by atoms with Crippen molar-refractivity contribution < 1.29 is 22.7 Å². The molecule has 23 heavy (non-hydrogen) atoms. The number of hydrogen-bond donors (Lipinski definition) is 1. The zero-order valence-electron chi connectivity index (χ0n) is 12.0. The van der Waals surface area contributed by atoms with Crippen LogP contribution in [0, 0.1) is 6.92 Å². The van der Waals surface area contributed by atoms with Crippen LogP contribution in [-0.2, 0) is 6.18 Å². The van der Waals surface area contributed by atoms with Gasteiger partial charge < -0.3 is 10.1 Å². The van der Waals surface area contributed by atoms with E-state index in [1.54, 1.807) is 0 Å². The molecule has 2 aromatic rings. The van der Waals surface area contributed by atoms with Crippen LogP contribution < -0.4 is 10.1 Å². The molecule has 1 heterocycles. The zero-order valence-corrected chi connectivity index (χ0v) is 12.8. The predicted octanol–water partition coefficient (Wildman–Crippen LogP) is 3.72. The molecule has 9 heteroatoms. The highest BCUT2D eigenvalue weighted by molar-refractivity contribution is 6.28. The van der Waals surface area contributed by atoms with Crippen LogP contribution in [0.25, 0.3) is 0 Å². The number of nitrogens with zero attached hydrogens (tertiary/aromatic N) is 2. The summed E-state index contributed by atoms with van der Waals surface area (Å²) in [5.74, 6) is -0.969. The van der Waals surface area contributed by atoms with Gasteiger partial charge >= 0.3 is 6.18 Å². The van der Waals surface area contributed by atoms with Crippen LogP contribution in [0.5, 0.6) is 5.88 Å². The second-order valence-electron chi connectivity index (χ2n) is 4.51. The summed E-state index contributed by atoms with van der Waals surface area (Å²) in [7, 11) is 1.25. The molecule has 1 aromatic heterocycles. The van der Waals surface area contributed by atoms with Crippen LogP contribution in [0.3, 0.4) is 0 Å². The Morgan fingerprint density at radius 3 is 2.65 bits per heavy atom. The van der Waals surface area contributed by atoms with E-state index in [4.69, 9.17) is 16.3 Å². The van der Waals surface area contributed by atoms with Crippen molar-refractivity contribution in [1.29, 1.82) is 0 Å². The number of ether oxygens (including phenoxy) is 1. The first-order valence-electron chi connectivity index (χ1n) is 6.28. The zero-order chi connectivity index (χ0) is 17.2. The number of halogens is 4. The summed E-state index contributed by atoms with van der Waals surface area (Å²) in [6.07, 6.45) is -3.52. The van der Waals surface area contributed by atoms with Crippen LogP contribution in [0.15, 0.2) is 24.4 Å². The van der Waals surface area contributed by atoms with E-state index in [1.807, 2.05) is 0 Å². The number of amides is 1. The maximum atomic E-state index is 13.1. The molecule has 0 spiro atoms. The molecule has 0 unspecified atom stereocenters. The van der Waals surface area contributed by atoms with E-state index in [0.29, 0.717) is 0 Å². The van der Waals surface area contributed by atoms with Crippen molar-refractivity contribution in [2.45, 2.75) is 13.1 Å². The number of hydrogen-bond acceptors (Lipinski definition) is 4. The standard InChI is InChI=1S/C14H11ClF3N3O2/c1-7-4-3-5-9(14(16,17)18)10(7)20-11(22)8-6-19-13(15)21-12(8)23-2/h3-6H,1-2H3,(H,20,22). The Morgan fingerprint density at radius 1 is 1.35 bits per heavy atom. The van der Waals surface area contributed by atoms with Crippen molar-refractivity contribution in [2.75, 3.05) is 12.4 Å². The summed E-state index contributed by atoms with van der Waals surface area (Å²) in [6.45, 7) is 1.46. The smallest absolute Gasteiger partial charge is 0.418 e. The van der Waals surface area contributed by atoms with Gasteiger partial charge in [-0.1, -0.05) is 12.1 Å². The molecule has 0 saturated heterocycles. The summed E-state index contributed by atoms with van der Waals surface area (Å²) in [4.78, 5) is 19.6.